The molecule has 0 spiro atoms. The number of nitrogens with zero attached hydrogens (tertiary/aromatic N) is 3. The number of rotatable bonds is 8. The summed E-state index contributed by atoms with van der Waals surface area (Å²) in [4.78, 5) is 1.24. The molecule has 1 atom stereocenters. The molecule has 1 unspecified atom stereocenters. The maximum absolute atomic E-state index is 5.97. The lowest BCUT2D eigenvalue weighted by Crippen LogP contribution is -3.06. The largest absolute Gasteiger partial charge is 0.494 e. The number of ether oxygens (including phenoxy) is 1. The third kappa shape index (κ3) is 4.41. The molecule has 7 heteroatoms. The summed E-state index contributed by atoms with van der Waals surface area (Å²) < 4.78 is 16.9. The molecule has 0 saturated heterocycles. The van der Waals surface area contributed by atoms with E-state index < -0.39 is 0 Å². The lowest BCUT2D eigenvalue weighted by atomic mass is 10.1. The van der Waals surface area contributed by atoms with E-state index in [2.05, 4.69) is 34.5 Å². The van der Waals surface area contributed by atoms with Gasteiger partial charge < -0.3 is 18.6 Å². The van der Waals surface area contributed by atoms with Crippen LogP contribution in [0.25, 0.3) is 22.7 Å². The van der Waals surface area contributed by atoms with Gasteiger partial charge in [-0.3, -0.25) is 0 Å². The van der Waals surface area contributed by atoms with Gasteiger partial charge in [0.05, 0.1) is 13.7 Å². The molecular formula is C23H25N4O3+. The van der Waals surface area contributed by atoms with Gasteiger partial charge in [-0.1, -0.05) is 35.5 Å². The molecule has 0 radical (unpaired) electrons. The van der Waals surface area contributed by atoms with E-state index in [9.17, 15) is 0 Å². The van der Waals surface area contributed by atoms with Gasteiger partial charge in [0.1, 0.15) is 29.3 Å². The van der Waals surface area contributed by atoms with Crippen molar-refractivity contribution in [3.05, 3.63) is 71.8 Å². The minimum atomic E-state index is 0.427. The molecule has 154 valence electrons. The van der Waals surface area contributed by atoms with Crippen molar-refractivity contribution in [2.45, 2.75) is 26.9 Å². The molecular weight excluding hydrogens is 380 g/mol. The molecule has 4 rings (SSSR count). The van der Waals surface area contributed by atoms with Crippen LogP contribution >= 0.6 is 0 Å². The van der Waals surface area contributed by atoms with Crippen LogP contribution in [0.1, 0.15) is 24.1 Å². The van der Waals surface area contributed by atoms with Gasteiger partial charge in [0.2, 0.25) is 0 Å². The summed E-state index contributed by atoms with van der Waals surface area (Å²) in [6.45, 7) is 5.95. The average Bonchev–Trinajstić information content (AvgIpc) is 3.36. The van der Waals surface area contributed by atoms with Gasteiger partial charge in [-0.15, -0.1) is 10.2 Å². The molecule has 4 aromatic rings. The third-order valence-corrected chi connectivity index (χ3v) is 4.78. The highest BCUT2D eigenvalue weighted by atomic mass is 16.5. The molecule has 2 heterocycles. The molecule has 0 amide bonds. The van der Waals surface area contributed by atoms with Gasteiger partial charge in [0, 0.05) is 11.1 Å². The van der Waals surface area contributed by atoms with Gasteiger partial charge >= 0.3 is 0 Å². The first-order valence-electron chi connectivity index (χ1n) is 10.0. The Labute approximate surface area is 175 Å². The highest BCUT2D eigenvalue weighted by Gasteiger charge is 2.22. The zero-order valence-corrected chi connectivity index (χ0v) is 17.4. The predicted octanol–water partition coefficient (Wildman–Crippen LogP) is 3.31. The molecule has 2 aromatic heterocycles. The number of benzene rings is 2. The van der Waals surface area contributed by atoms with Gasteiger partial charge in [0.15, 0.2) is 6.54 Å². The summed E-state index contributed by atoms with van der Waals surface area (Å²) in [5, 5.41) is 12.7. The van der Waals surface area contributed by atoms with Crippen molar-refractivity contribution < 1.29 is 18.6 Å². The standard InChI is InChI=1S/C23H24N4O3/c1-4-28-19-12-10-17(11-13-19)14-27(3)15-20-24-25-23(29-20)21-16(2)30-26-22(21)18-8-6-5-7-9-18/h5-13H,4,14-15H2,1-3H3/p+1. The van der Waals surface area contributed by atoms with Crippen molar-refractivity contribution in [3.8, 4) is 28.5 Å². The number of nitrogens with one attached hydrogen (secondary N) is 1. The fraction of sp³-hybridized carbons (Fsp3) is 0.261. The van der Waals surface area contributed by atoms with Crippen molar-refractivity contribution >= 4 is 0 Å². The zero-order chi connectivity index (χ0) is 20.9. The van der Waals surface area contributed by atoms with Crippen molar-refractivity contribution in [2.75, 3.05) is 13.7 Å². The van der Waals surface area contributed by atoms with Crippen molar-refractivity contribution in [1.29, 1.82) is 0 Å². The fourth-order valence-electron chi connectivity index (χ4n) is 3.38. The summed E-state index contributed by atoms with van der Waals surface area (Å²) in [7, 11) is 2.10. The highest BCUT2D eigenvalue weighted by molar-refractivity contribution is 5.77. The van der Waals surface area contributed by atoms with Crippen LogP contribution < -0.4 is 9.64 Å². The minimum absolute atomic E-state index is 0.427. The molecule has 1 N–H and O–H groups in total. The van der Waals surface area contributed by atoms with Crippen LogP contribution in [0.2, 0.25) is 0 Å². The Hall–Kier alpha value is -3.45. The SMILES string of the molecule is CCOc1ccc(C[NH+](C)Cc2nnc(-c3c(-c4ccccc4)noc3C)o2)cc1. The first kappa shape index (κ1) is 19.8. The summed E-state index contributed by atoms with van der Waals surface area (Å²) in [6, 6.07) is 18.0. The van der Waals surface area contributed by atoms with E-state index in [0.717, 1.165) is 23.4 Å². The Morgan fingerprint density at radius 3 is 2.47 bits per heavy atom. The topological polar surface area (TPSA) is 78.6 Å². The number of quaternary nitrogens is 1. The Bertz CT molecular complexity index is 1090. The molecule has 0 aliphatic rings. The Kier molecular flexibility index (Phi) is 5.90. The van der Waals surface area contributed by atoms with Gasteiger partial charge in [-0.2, -0.15) is 0 Å². The average molecular weight is 405 g/mol. The summed E-state index contributed by atoms with van der Waals surface area (Å²) >= 11 is 0. The molecule has 0 aliphatic heterocycles. The highest BCUT2D eigenvalue weighted by Crippen LogP contribution is 2.33. The van der Waals surface area contributed by atoms with Gasteiger partial charge in [-0.05, 0) is 38.1 Å². The van der Waals surface area contributed by atoms with Gasteiger partial charge in [-0.25, -0.2) is 0 Å². The van der Waals surface area contributed by atoms with E-state index in [4.69, 9.17) is 13.7 Å². The van der Waals surface area contributed by atoms with Crippen LogP contribution in [0.3, 0.4) is 0 Å². The third-order valence-electron chi connectivity index (χ3n) is 4.78. The Balaban J connectivity index is 1.47. The number of aryl methyl sites for hydroxylation is 1. The van der Waals surface area contributed by atoms with Crippen LogP contribution in [0.4, 0.5) is 0 Å². The second-order valence-corrected chi connectivity index (χ2v) is 7.22. The van der Waals surface area contributed by atoms with Crippen molar-refractivity contribution in [2.24, 2.45) is 0 Å². The van der Waals surface area contributed by atoms with E-state index in [1.807, 2.05) is 56.3 Å². The summed E-state index contributed by atoms with van der Waals surface area (Å²) in [6.07, 6.45) is 0. The Morgan fingerprint density at radius 2 is 1.73 bits per heavy atom. The zero-order valence-electron chi connectivity index (χ0n) is 17.4. The van der Waals surface area contributed by atoms with Crippen LogP contribution in [0.5, 0.6) is 5.75 Å². The van der Waals surface area contributed by atoms with E-state index in [1.54, 1.807) is 0 Å². The second kappa shape index (κ2) is 8.92. The summed E-state index contributed by atoms with van der Waals surface area (Å²) in [5.41, 5.74) is 3.61. The number of aromatic nitrogens is 3. The molecule has 7 nitrogen and oxygen atoms in total. The van der Waals surface area contributed by atoms with E-state index >= 15 is 0 Å². The first-order chi connectivity index (χ1) is 14.6. The monoisotopic (exact) mass is 405 g/mol. The van der Waals surface area contributed by atoms with Crippen LogP contribution in [-0.2, 0) is 13.1 Å². The lowest BCUT2D eigenvalue weighted by molar-refractivity contribution is -0.909. The van der Waals surface area contributed by atoms with Crippen LogP contribution in [0.15, 0.2) is 63.5 Å². The molecule has 2 aromatic carbocycles. The molecule has 0 saturated carbocycles. The van der Waals surface area contributed by atoms with E-state index in [-0.39, 0.29) is 0 Å². The summed E-state index contributed by atoms with van der Waals surface area (Å²) in [5.74, 6) is 2.54. The second-order valence-electron chi connectivity index (χ2n) is 7.22. The lowest BCUT2D eigenvalue weighted by Gasteiger charge is -2.12. The van der Waals surface area contributed by atoms with Crippen LogP contribution in [-0.4, -0.2) is 29.0 Å². The smallest absolute Gasteiger partial charge is 0.271 e. The van der Waals surface area contributed by atoms with Crippen LogP contribution in [0, 0.1) is 6.92 Å². The number of hydrogen-bond acceptors (Lipinski definition) is 6. The van der Waals surface area contributed by atoms with E-state index in [0.29, 0.717) is 36.4 Å². The van der Waals surface area contributed by atoms with E-state index in [1.165, 1.54) is 10.5 Å². The fourth-order valence-corrected chi connectivity index (χ4v) is 3.38. The molecule has 0 bridgehead atoms. The Morgan fingerprint density at radius 1 is 0.967 bits per heavy atom. The maximum atomic E-state index is 5.97. The number of hydrogen-bond donors (Lipinski definition) is 1. The van der Waals surface area contributed by atoms with Gasteiger partial charge in [0.25, 0.3) is 11.8 Å². The first-order valence-corrected chi connectivity index (χ1v) is 10.0. The minimum Gasteiger partial charge on any atom is -0.494 e. The quantitative estimate of drug-likeness (QED) is 0.485. The molecule has 0 aliphatic carbocycles. The molecule has 0 fully saturated rings. The maximum Gasteiger partial charge on any atom is 0.271 e. The van der Waals surface area contributed by atoms with Crippen molar-refractivity contribution in [1.82, 2.24) is 15.4 Å². The van der Waals surface area contributed by atoms with Crippen molar-refractivity contribution in [3.63, 3.8) is 0 Å². The predicted molar refractivity (Wildman–Crippen MR) is 112 cm³/mol. The molecule has 30 heavy (non-hydrogen) atoms. The normalized spacial score (nSPS) is 12.1.